The summed E-state index contributed by atoms with van der Waals surface area (Å²) in [5, 5.41) is 4.19. The van der Waals surface area contributed by atoms with Crippen molar-refractivity contribution in [2.75, 3.05) is 16.8 Å². The average molecular weight is 277 g/mol. The highest BCUT2D eigenvalue weighted by molar-refractivity contribution is 9.09. The molecular formula is C10H17BrN2S. The van der Waals surface area contributed by atoms with Crippen LogP contribution in [0.15, 0.2) is 11.6 Å². The number of hydrogen-bond donors (Lipinski definition) is 0. The third-order valence-electron chi connectivity index (χ3n) is 2.37. The third-order valence-corrected chi connectivity index (χ3v) is 3.54. The van der Waals surface area contributed by atoms with Crippen LogP contribution < -0.4 is 4.90 Å². The Hall–Kier alpha value is -0.0900. The fourth-order valence-electron chi connectivity index (χ4n) is 1.61. The molecular weight excluding hydrogens is 260 g/mol. The van der Waals surface area contributed by atoms with Crippen LogP contribution in [0.2, 0.25) is 0 Å². The molecule has 2 nitrogen and oxygen atoms in total. The summed E-state index contributed by atoms with van der Waals surface area (Å²) >= 11 is 5.22. The first kappa shape index (κ1) is 12.0. The number of nitrogens with zero attached hydrogens (tertiary/aromatic N) is 2. The number of anilines is 1. The summed E-state index contributed by atoms with van der Waals surface area (Å²) in [4.78, 5) is 6.78. The number of rotatable bonds is 6. The van der Waals surface area contributed by atoms with Gasteiger partial charge in [-0.3, -0.25) is 0 Å². The van der Waals surface area contributed by atoms with E-state index in [2.05, 4.69) is 39.7 Å². The van der Waals surface area contributed by atoms with Gasteiger partial charge in [-0.25, -0.2) is 4.98 Å². The van der Waals surface area contributed by atoms with Gasteiger partial charge in [0.1, 0.15) is 0 Å². The molecule has 0 radical (unpaired) electrons. The molecule has 0 aromatic carbocycles. The van der Waals surface area contributed by atoms with E-state index in [-0.39, 0.29) is 0 Å². The molecule has 80 valence electrons. The predicted molar refractivity (Wildman–Crippen MR) is 67.6 cm³/mol. The maximum Gasteiger partial charge on any atom is 0.185 e. The van der Waals surface area contributed by atoms with Crippen LogP contribution in [0.3, 0.4) is 0 Å². The molecule has 0 aliphatic carbocycles. The van der Waals surface area contributed by atoms with Crippen LogP contribution in [0.4, 0.5) is 5.13 Å². The minimum absolute atomic E-state index is 0.624. The van der Waals surface area contributed by atoms with Gasteiger partial charge in [0.2, 0.25) is 0 Å². The first-order chi connectivity index (χ1) is 6.83. The second-order valence-electron chi connectivity index (χ2n) is 3.17. The predicted octanol–water partition coefficient (Wildman–Crippen LogP) is 3.53. The first-order valence-corrected chi connectivity index (χ1v) is 7.05. The molecule has 0 unspecified atom stereocenters. The number of hydrogen-bond acceptors (Lipinski definition) is 3. The van der Waals surface area contributed by atoms with Crippen molar-refractivity contribution in [3.63, 3.8) is 0 Å². The summed E-state index contributed by atoms with van der Waals surface area (Å²) in [6.45, 7) is 5.52. The number of halogens is 1. The lowest BCUT2D eigenvalue weighted by Crippen LogP contribution is -2.35. The highest BCUT2D eigenvalue weighted by Gasteiger charge is 2.16. The zero-order valence-corrected chi connectivity index (χ0v) is 11.1. The lowest BCUT2D eigenvalue weighted by molar-refractivity contribution is 0.568. The first-order valence-electron chi connectivity index (χ1n) is 5.05. The molecule has 0 saturated heterocycles. The van der Waals surface area contributed by atoms with Gasteiger partial charge in [-0.1, -0.05) is 29.8 Å². The summed E-state index contributed by atoms with van der Waals surface area (Å²) in [6, 6.07) is 0.624. The van der Waals surface area contributed by atoms with Crippen molar-refractivity contribution in [3.8, 4) is 0 Å². The highest BCUT2D eigenvalue weighted by atomic mass is 79.9. The molecule has 1 aromatic rings. The van der Waals surface area contributed by atoms with Crippen molar-refractivity contribution in [2.24, 2.45) is 0 Å². The monoisotopic (exact) mass is 276 g/mol. The second kappa shape index (κ2) is 6.40. The van der Waals surface area contributed by atoms with Gasteiger partial charge in [0.05, 0.1) is 0 Å². The molecule has 4 heteroatoms. The molecule has 1 aromatic heterocycles. The Balaban J connectivity index is 2.72. The Morgan fingerprint density at radius 3 is 2.64 bits per heavy atom. The van der Waals surface area contributed by atoms with E-state index in [1.54, 1.807) is 11.3 Å². The van der Waals surface area contributed by atoms with Gasteiger partial charge in [-0.2, -0.15) is 0 Å². The fraction of sp³-hybridized carbons (Fsp3) is 0.700. The minimum atomic E-state index is 0.624. The summed E-state index contributed by atoms with van der Waals surface area (Å²) < 4.78 is 0. The molecule has 0 aliphatic heterocycles. The third kappa shape index (κ3) is 2.95. The number of thiazole rings is 1. The van der Waals surface area contributed by atoms with Gasteiger partial charge in [-0.15, -0.1) is 11.3 Å². The summed E-state index contributed by atoms with van der Waals surface area (Å²) in [6.07, 6.45) is 4.25. The van der Waals surface area contributed by atoms with E-state index in [9.17, 15) is 0 Å². The van der Waals surface area contributed by atoms with Gasteiger partial charge in [0.25, 0.3) is 0 Å². The average Bonchev–Trinajstić information content (AvgIpc) is 2.71. The van der Waals surface area contributed by atoms with Crippen LogP contribution in [-0.4, -0.2) is 22.9 Å². The van der Waals surface area contributed by atoms with Gasteiger partial charge >= 0.3 is 0 Å². The van der Waals surface area contributed by atoms with E-state index in [0.717, 1.165) is 17.0 Å². The smallest absolute Gasteiger partial charge is 0.185 e. The van der Waals surface area contributed by atoms with Crippen molar-refractivity contribution in [1.29, 1.82) is 0 Å². The highest BCUT2D eigenvalue weighted by Crippen LogP contribution is 2.22. The maximum absolute atomic E-state index is 4.38. The molecule has 0 amide bonds. The van der Waals surface area contributed by atoms with Gasteiger partial charge in [0, 0.05) is 29.5 Å². The van der Waals surface area contributed by atoms with Crippen LogP contribution in [0.1, 0.15) is 26.7 Å². The van der Waals surface area contributed by atoms with Crippen molar-refractivity contribution in [2.45, 2.75) is 32.7 Å². The summed E-state index contributed by atoms with van der Waals surface area (Å²) in [5.74, 6) is 0. The topological polar surface area (TPSA) is 16.1 Å². The summed E-state index contributed by atoms with van der Waals surface area (Å²) in [5.41, 5.74) is 0. The van der Waals surface area contributed by atoms with Crippen molar-refractivity contribution < 1.29 is 0 Å². The normalized spacial score (nSPS) is 10.9. The Labute approximate surface area is 98.5 Å². The van der Waals surface area contributed by atoms with Crippen LogP contribution in [0.5, 0.6) is 0 Å². The second-order valence-corrected chi connectivity index (χ2v) is 4.83. The summed E-state index contributed by atoms with van der Waals surface area (Å²) in [7, 11) is 0. The van der Waals surface area contributed by atoms with Crippen LogP contribution in [0, 0.1) is 0 Å². The van der Waals surface area contributed by atoms with Gasteiger partial charge in [-0.05, 0) is 12.8 Å². The van der Waals surface area contributed by atoms with Crippen LogP contribution in [0.25, 0.3) is 0 Å². The molecule has 14 heavy (non-hydrogen) atoms. The van der Waals surface area contributed by atoms with E-state index >= 15 is 0 Å². The van der Waals surface area contributed by atoms with E-state index < -0.39 is 0 Å². The van der Waals surface area contributed by atoms with E-state index in [4.69, 9.17) is 0 Å². The minimum Gasteiger partial charge on any atom is -0.344 e. The molecule has 0 N–H and O–H groups in total. The van der Waals surface area contributed by atoms with Crippen molar-refractivity contribution >= 4 is 32.4 Å². The lowest BCUT2D eigenvalue weighted by Gasteiger charge is -2.29. The van der Waals surface area contributed by atoms with E-state index in [1.165, 1.54) is 12.8 Å². The van der Waals surface area contributed by atoms with Gasteiger partial charge < -0.3 is 4.90 Å². The Bertz CT molecular complexity index is 234. The number of alkyl halides is 1. The standard InChI is InChI=1S/C10H17BrN2S/c1-3-9(4-2)13(7-5-11)10-12-6-8-14-10/h6,8-9H,3-5,7H2,1-2H3. The molecule has 0 fully saturated rings. The molecule has 0 atom stereocenters. The molecule has 1 heterocycles. The zero-order chi connectivity index (χ0) is 10.4. The zero-order valence-electron chi connectivity index (χ0n) is 8.74. The molecule has 0 bridgehead atoms. The van der Waals surface area contributed by atoms with Crippen LogP contribution in [-0.2, 0) is 0 Å². The lowest BCUT2D eigenvalue weighted by atomic mass is 10.1. The van der Waals surface area contributed by atoms with Crippen LogP contribution >= 0.6 is 27.3 Å². The fourth-order valence-corrected chi connectivity index (χ4v) is 2.74. The quantitative estimate of drug-likeness (QED) is 0.739. The van der Waals surface area contributed by atoms with E-state index in [1.807, 2.05) is 11.6 Å². The maximum atomic E-state index is 4.38. The molecule has 0 spiro atoms. The Morgan fingerprint density at radius 2 is 2.21 bits per heavy atom. The Morgan fingerprint density at radius 1 is 1.50 bits per heavy atom. The largest absolute Gasteiger partial charge is 0.344 e. The van der Waals surface area contributed by atoms with Crippen molar-refractivity contribution in [1.82, 2.24) is 4.98 Å². The van der Waals surface area contributed by atoms with Gasteiger partial charge in [0.15, 0.2) is 5.13 Å². The molecule has 1 rings (SSSR count). The molecule has 0 saturated carbocycles. The SMILES string of the molecule is CCC(CC)N(CCBr)c1nccs1. The number of aromatic nitrogens is 1. The molecule has 0 aliphatic rings. The van der Waals surface area contributed by atoms with Crippen molar-refractivity contribution in [3.05, 3.63) is 11.6 Å². The van der Waals surface area contributed by atoms with E-state index in [0.29, 0.717) is 6.04 Å². The Kier molecular flexibility index (Phi) is 5.48.